The highest BCUT2D eigenvalue weighted by Crippen LogP contribution is 2.17. The van der Waals surface area contributed by atoms with Crippen molar-refractivity contribution >= 4 is 11.9 Å². The Morgan fingerprint density at radius 3 is 1.16 bits per heavy atom. The topological polar surface area (TPSA) is 95.9 Å². The van der Waals surface area contributed by atoms with Gasteiger partial charge >= 0.3 is 5.97 Å². The summed E-state index contributed by atoms with van der Waals surface area (Å²) < 4.78 is 5.48. The van der Waals surface area contributed by atoms with E-state index in [0.29, 0.717) is 25.9 Å². The van der Waals surface area contributed by atoms with Crippen LogP contribution in [0.25, 0.3) is 0 Å². The van der Waals surface area contributed by atoms with Gasteiger partial charge in [0.2, 0.25) is 5.91 Å². The van der Waals surface area contributed by atoms with Gasteiger partial charge in [0.1, 0.15) is 0 Å². The number of hydrogen-bond donors (Lipinski definition) is 3. The normalized spacial score (nSPS) is 12.8. The fraction of sp³-hybridized carbons (Fsp3) is 0.869. The van der Waals surface area contributed by atoms with Gasteiger partial charge < -0.3 is 20.3 Å². The van der Waals surface area contributed by atoms with Crippen LogP contribution in [0.4, 0.5) is 0 Å². The summed E-state index contributed by atoms with van der Waals surface area (Å²) in [5.41, 5.74) is 0. The molecule has 2 unspecified atom stereocenters. The number of esters is 1. The summed E-state index contributed by atoms with van der Waals surface area (Å²) in [5, 5.41) is 23.2. The van der Waals surface area contributed by atoms with Crippen molar-refractivity contribution in [2.24, 2.45) is 0 Å². The molecule has 0 spiro atoms. The lowest BCUT2D eigenvalue weighted by atomic mass is 10.0. The van der Waals surface area contributed by atoms with Gasteiger partial charge in [0.05, 0.1) is 25.4 Å². The molecule has 6 heteroatoms. The van der Waals surface area contributed by atoms with E-state index >= 15 is 0 Å². The summed E-state index contributed by atoms with van der Waals surface area (Å²) in [6.45, 7) is 4.92. The second-order valence-corrected chi connectivity index (χ2v) is 20.3. The number of aliphatic hydroxyl groups excluding tert-OH is 2. The van der Waals surface area contributed by atoms with E-state index in [1.54, 1.807) is 0 Å². The SMILES string of the molecule is CCCCCC/C=C\C/C=C\CCCCCCCCCC(=O)OCCCCCCCCCC/C=C\CCCCCCCCCC(=O)NC(CO)C(O)CCCCCCCCCCCCCCC. The first kappa shape index (κ1) is 65.1. The van der Waals surface area contributed by atoms with Crippen molar-refractivity contribution in [3.8, 4) is 0 Å². The second kappa shape index (κ2) is 56.7. The predicted octanol–water partition coefficient (Wildman–Crippen LogP) is 18.4. The minimum absolute atomic E-state index is 0.00344. The first-order valence-corrected chi connectivity index (χ1v) is 29.7. The Hall–Kier alpha value is -1.92. The van der Waals surface area contributed by atoms with Gasteiger partial charge in [-0.05, 0) is 83.5 Å². The molecule has 0 saturated heterocycles. The van der Waals surface area contributed by atoms with Crippen LogP contribution in [0, 0.1) is 0 Å². The Morgan fingerprint density at radius 1 is 0.418 bits per heavy atom. The average molecular weight is 943 g/mol. The molecule has 0 rings (SSSR count). The molecular formula is C61H115NO5. The molecule has 0 aliphatic rings. The number of carbonyl (C=O) groups excluding carboxylic acids is 2. The van der Waals surface area contributed by atoms with E-state index in [-0.39, 0.29) is 18.5 Å². The molecule has 0 bridgehead atoms. The second-order valence-electron chi connectivity index (χ2n) is 20.3. The Morgan fingerprint density at radius 2 is 0.746 bits per heavy atom. The van der Waals surface area contributed by atoms with Crippen molar-refractivity contribution in [1.82, 2.24) is 5.32 Å². The minimum Gasteiger partial charge on any atom is -0.466 e. The first-order chi connectivity index (χ1) is 33.0. The van der Waals surface area contributed by atoms with E-state index in [0.717, 1.165) is 51.4 Å². The maximum Gasteiger partial charge on any atom is 0.305 e. The molecule has 0 saturated carbocycles. The van der Waals surface area contributed by atoms with Crippen molar-refractivity contribution in [2.75, 3.05) is 13.2 Å². The van der Waals surface area contributed by atoms with Crippen LogP contribution in [-0.4, -0.2) is 47.4 Å². The zero-order chi connectivity index (χ0) is 48.6. The molecule has 0 aliphatic heterocycles. The monoisotopic (exact) mass is 942 g/mol. The maximum absolute atomic E-state index is 12.5. The van der Waals surface area contributed by atoms with Gasteiger partial charge in [-0.15, -0.1) is 0 Å². The largest absolute Gasteiger partial charge is 0.466 e. The van der Waals surface area contributed by atoms with Gasteiger partial charge in [0, 0.05) is 12.8 Å². The molecule has 0 fully saturated rings. The predicted molar refractivity (Wildman–Crippen MR) is 292 cm³/mol. The van der Waals surface area contributed by atoms with E-state index in [9.17, 15) is 19.8 Å². The van der Waals surface area contributed by atoms with Gasteiger partial charge in [-0.2, -0.15) is 0 Å². The fourth-order valence-corrected chi connectivity index (χ4v) is 9.08. The zero-order valence-corrected chi connectivity index (χ0v) is 44.9. The van der Waals surface area contributed by atoms with Crippen LogP contribution in [0.2, 0.25) is 0 Å². The number of unbranched alkanes of at least 4 members (excludes halogenated alkanes) is 38. The van der Waals surface area contributed by atoms with Gasteiger partial charge in [0.25, 0.3) is 0 Å². The fourth-order valence-electron chi connectivity index (χ4n) is 9.08. The molecule has 3 N–H and O–H groups in total. The summed E-state index contributed by atoms with van der Waals surface area (Å²) in [7, 11) is 0. The van der Waals surface area contributed by atoms with Gasteiger partial charge in [-0.1, -0.05) is 256 Å². The molecule has 6 nitrogen and oxygen atoms in total. The highest BCUT2D eigenvalue weighted by Gasteiger charge is 2.20. The summed E-state index contributed by atoms with van der Waals surface area (Å²) in [4.78, 5) is 24.5. The van der Waals surface area contributed by atoms with Crippen molar-refractivity contribution < 1.29 is 24.5 Å². The molecule has 0 aromatic rings. The molecular weight excluding hydrogens is 827 g/mol. The third-order valence-electron chi connectivity index (χ3n) is 13.7. The molecule has 2 atom stereocenters. The number of aliphatic hydroxyl groups is 2. The molecule has 0 radical (unpaired) electrons. The first-order valence-electron chi connectivity index (χ1n) is 29.7. The maximum atomic E-state index is 12.5. The van der Waals surface area contributed by atoms with Gasteiger partial charge in [-0.3, -0.25) is 9.59 Å². The zero-order valence-electron chi connectivity index (χ0n) is 44.9. The van der Waals surface area contributed by atoms with Crippen LogP contribution in [0.5, 0.6) is 0 Å². The highest BCUT2D eigenvalue weighted by atomic mass is 16.5. The van der Waals surface area contributed by atoms with Gasteiger partial charge in [-0.25, -0.2) is 0 Å². The number of nitrogens with one attached hydrogen (secondary N) is 1. The van der Waals surface area contributed by atoms with Crippen LogP contribution in [0.15, 0.2) is 36.5 Å². The number of carbonyl (C=O) groups is 2. The van der Waals surface area contributed by atoms with E-state index in [4.69, 9.17) is 4.74 Å². The molecule has 0 aromatic heterocycles. The quantitative estimate of drug-likeness (QED) is 0.0321. The third kappa shape index (κ3) is 53.3. The Balaban J connectivity index is 3.43. The molecule has 1 amide bonds. The summed E-state index contributed by atoms with van der Waals surface area (Å²) in [6, 6.07) is -0.548. The number of ether oxygens (including phenoxy) is 1. The van der Waals surface area contributed by atoms with Crippen molar-refractivity contribution in [1.29, 1.82) is 0 Å². The molecule has 0 heterocycles. The van der Waals surface area contributed by atoms with E-state index in [2.05, 4.69) is 55.6 Å². The van der Waals surface area contributed by atoms with Crippen LogP contribution in [-0.2, 0) is 14.3 Å². The summed E-state index contributed by atoms with van der Waals surface area (Å²) in [6.07, 6.45) is 69.9. The number of hydrogen-bond acceptors (Lipinski definition) is 5. The van der Waals surface area contributed by atoms with Crippen LogP contribution in [0.3, 0.4) is 0 Å². The molecule has 0 aliphatic carbocycles. The van der Waals surface area contributed by atoms with Crippen molar-refractivity contribution in [2.45, 2.75) is 328 Å². The van der Waals surface area contributed by atoms with Crippen molar-refractivity contribution in [3.05, 3.63) is 36.5 Å². The summed E-state index contributed by atoms with van der Waals surface area (Å²) in [5.74, 6) is -0.0481. The Kier molecular flexibility index (Phi) is 55.0. The standard InChI is InChI=1S/C61H115NO5/c1-3-5-7-9-11-13-15-17-18-19-24-27-31-35-39-43-47-51-55-61(66)67-56-52-48-44-40-36-32-28-25-22-20-21-23-26-30-34-38-42-46-50-54-60(65)62-58(57-63)59(64)53-49-45-41-37-33-29-16-14-12-10-8-6-4-2/h13,15,18-21,58-59,63-64H,3-12,14,16-17,22-57H2,1-2H3,(H,62,65)/b15-13-,19-18-,21-20-. The van der Waals surface area contributed by atoms with Crippen molar-refractivity contribution in [3.63, 3.8) is 0 Å². The molecule has 394 valence electrons. The number of amides is 1. The number of allylic oxidation sites excluding steroid dienone is 6. The summed E-state index contributed by atoms with van der Waals surface area (Å²) >= 11 is 0. The average Bonchev–Trinajstić information content (AvgIpc) is 3.33. The lowest BCUT2D eigenvalue weighted by Gasteiger charge is -2.22. The molecule has 67 heavy (non-hydrogen) atoms. The number of rotatable bonds is 55. The van der Waals surface area contributed by atoms with Crippen LogP contribution in [0.1, 0.15) is 316 Å². The van der Waals surface area contributed by atoms with Crippen LogP contribution >= 0.6 is 0 Å². The smallest absolute Gasteiger partial charge is 0.305 e. The third-order valence-corrected chi connectivity index (χ3v) is 13.7. The molecule has 0 aromatic carbocycles. The Labute approximate surface area is 417 Å². The lowest BCUT2D eigenvalue weighted by molar-refractivity contribution is -0.143. The van der Waals surface area contributed by atoms with E-state index in [1.807, 2.05) is 0 Å². The highest BCUT2D eigenvalue weighted by molar-refractivity contribution is 5.76. The van der Waals surface area contributed by atoms with E-state index < -0.39 is 12.1 Å². The lowest BCUT2D eigenvalue weighted by Crippen LogP contribution is -2.45. The van der Waals surface area contributed by atoms with Gasteiger partial charge in [0.15, 0.2) is 0 Å². The van der Waals surface area contributed by atoms with E-state index in [1.165, 1.54) is 231 Å². The Bertz CT molecular complexity index is 1090. The van der Waals surface area contributed by atoms with Crippen LogP contribution < -0.4 is 5.32 Å². The minimum atomic E-state index is -0.670.